The fourth-order valence-electron chi connectivity index (χ4n) is 3.63. The summed E-state index contributed by atoms with van der Waals surface area (Å²) in [6.07, 6.45) is 3.44. The van der Waals surface area contributed by atoms with Gasteiger partial charge in [0, 0.05) is 12.7 Å². The van der Waals surface area contributed by atoms with Crippen molar-refractivity contribution in [1.29, 1.82) is 0 Å². The molecular weight excluding hydrogens is 350 g/mol. The first-order valence-corrected chi connectivity index (χ1v) is 9.65. The van der Waals surface area contributed by atoms with Gasteiger partial charge >= 0.3 is 5.97 Å². The van der Waals surface area contributed by atoms with Gasteiger partial charge in [-0.3, -0.25) is 4.79 Å². The number of ether oxygens (including phenoxy) is 1. The molecule has 0 aliphatic heterocycles. The Morgan fingerprint density at radius 3 is 2.92 bits per heavy atom. The lowest BCUT2D eigenvalue weighted by molar-refractivity contribution is -0.139. The number of hydrogen-bond donors (Lipinski definition) is 2. The number of benzene rings is 1. The molecule has 26 heavy (non-hydrogen) atoms. The Morgan fingerprint density at radius 1 is 1.35 bits per heavy atom. The number of nitrogens with one attached hydrogen (secondary N) is 1. The summed E-state index contributed by atoms with van der Waals surface area (Å²) in [4.78, 5) is 24.9. The number of thiophene rings is 1. The summed E-state index contributed by atoms with van der Waals surface area (Å²) in [5.74, 6) is -1.18. The fraction of sp³-hybridized carbons (Fsp3) is 0.400. The second-order valence-corrected chi connectivity index (χ2v) is 7.51. The van der Waals surface area contributed by atoms with Crippen LogP contribution in [0.3, 0.4) is 0 Å². The first kappa shape index (κ1) is 18.6. The highest BCUT2D eigenvalue weighted by Gasteiger charge is 2.29. The van der Waals surface area contributed by atoms with Gasteiger partial charge in [0.05, 0.1) is 11.5 Å². The molecule has 1 amide bonds. The maximum atomic E-state index is 12.6. The summed E-state index contributed by atoms with van der Waals surface area (Å²) >= 11 is 1.30. The Hall–Kier alpha value is -2.18. The lowest BCUT2D eigenvalue weighted by Crippen LogP contribution is -2.42. The van der Waals surface area contributed by atoms with Crippen LogP contribution in [-0.4, -0.2) is 30.1 Å². The molecule has 138 valence electrons. The summed E-state index contributed by atoms with van der Waals surface area (Å²) in [5.41, 5.74) is 3.29. The number of carboxylic acid groups (broad SMARTS) is 1. The van der Waals surface area contributed by atoms with Crippen molar-refractivity contribution in [3.05, 3.63) is 57.3 Å². The Morgan fingerprint density at radius 2 is 2.15 bits per heavy atom. The van der Waals surface area contributed by atoms with Gasteiger partial charge in [0.2, 0.25) is 0 Å². The lowest BCUT2D eigenvalue weighted by Gasteiger charge is -2.28. The van der Waals surface area contributed by atoms with Gasteiger partial charge in [0.1, 0.15) is 6.04 Å². The number of aliphatic carboxylic acids is 1. The van der Waals surface area contributed by atoms with Crippen LogP contribution in [0.2, 0.25) is 0 Å². The Balaban J connectivity index is 1.73. The third-order valence-corrected chi connectivity index (χ3v) is 5.83. The van der Waals surface area contributed by atoms with Crippen molar-refractivity contribution in [1.82, 2.24) is 5.32 Å². The maximum absolute atomic E-state index is 12.6. The van der Waals surface area contributed by atoms with Crippen LogP contribution in [0.1, 0.15) is 51.5 Å². The van der Waals surface area contributed by atoms with E-state index in [2.05, 4.69) is 17.4 Å². The highest BCUT2D eigenvalue weighted by atomic mass is 32.1. The number of carboxylic acids is 1. The van der Waals surface area contributed by atoms with Crippen molar-refractivity contribution in [3.8, 4) is 0 Å². The normalized spacial score (nSPS) is 17.3. The zero-order valence-corrected chi connectivity index (χ0v) is 15.6. The Labute approximate surface area is 157 Å². The van der Waals surface area contributed by atoms with Gasteiger partial charge in [-0.05, 0) is 54.2 Å². The number of aryl methyl sites for hydroxylation is 1. The van der Waals surface area contributed by atoms with Crippen molar-refractivity contribution in [2.24, 2.45) is 0 Å². The smallest absolute Gasteiger partial charge is 0.326 e. The van der Waals surface area contributed by atoms with Gasteiger partial charge in [0.25, 0.3) is 5.91 Å². The van der Waals surface area contributed by atoms with E-state index in [1.807, 2.05) is 23.6 Å². The SMILES string of the molecule is COCc1ccsc1C(=O)NC(CC1CCCc2ccccc21)C(=O)O. The van der Waals surface area contributed by atoms with E-state index in [4.69, 9.17) is 4.74 Å². The van der Waals surface area contributed by atoms with E-state index in [0.717, 1.165) is 24.8 Å². The molecule has 3 rings (SSSR count). The van der Waals surface area contributed by atoms with Crippen LogP contribution >= 0.6 is 11.3 Å². The maximum Gasteiger partial charge on any atom is 0.326 e. The predicted octanol–water partition coefficient (Wildman–Crippen LogP) is 3.59. The molecule has 2 N–H and O–H groups in total. The average molecular weight is 373 g/mol. The molecular formula is C20H23NO4S. The lowest BCUT2D eigenvalue weighted by atomic mass is 9.79. The highest BCUT2D eigenvalue weighted by molar-refractivity contribution is 7.12. The quantitative estimate of drug-likeness (QED) is 0.778. The molecule has 0 saturated carbocycles. The van der Waals surface area contributed by atoms with Gasteiger partial charge in [-0.25, -0.2) is 4.79 Å². The predicted molar refractivity (Wildman–Crippen MR) is 101 cm³/mol. The summed E-state index contributed by atoms with van der Waals surface area (Å²) in [6, 6.07) is 9.13. The molecule has 0 bridgehead atoms. The zero-order chi connectivity index (χ0) is 18.5. The van der Waals surface area contributed by atoms with Crippen LogP contribution in [-0.2, 0) is 22.6 Å². The second-order valence-electron chi connectivity index (χ2n) is 6.60. The Kier molecular flexibility index (Phi) is 6.06. The molecule has 0 spiro atoms. The number of carbonyl (C=O) groups is 2. The summed E-state index contributed by atoms with van der Waals surface area (Å²) in [6.45, 7) is 0.333. The zero-order valence-electron chi connectivity index (χ0n) is 14.7. The van der Waals surface area contributed by atoms with Crippen molar-refractivity contribution in [3.63, 3.8) is 0 Å². The summed E-state index contributed by atoms with van der Waals surface area (Å²) < 4.78 is 5.10. The van der Waals surface area contributed by atoms with Gasteiger partial charge < -0.3 is 15.2 Å². The largest absolute Gasteiger partial charge is 0.480 e. The number of hydrogen-bond acceptors (Lipinski definition) is 4. The second kappa shape index (κ2) is 8.47. The molecule has 1 aromatic heterocycles. The molecule has 1 aromatic carbocycles. The van der Waals surface area contributed by atoms with Gasteiger partial charge in [-0.2, -0.15) is 0 Å². The standard InChI is InChI=1S/C20H23NO4S/c1-25-12-15-9-10-26-18(15)19(22)21-17(20(23)24)11-14-7-4-6-13-5-2-3-8-16(13)14/h2-3,5,8-10,14,17H,4,6-7,11-12H2,1H3,(H,21,22)(H,23,24). The van der Waals surface area contributed by atoms with Crippen molar-refractivity contribution in [2.75, 3.05) is 7.11 Å². The molecule has 1 aliphatic carbocycles. The van der Waals surface area contributed by atoms with Gasteiger partial charge in [-0.1, -0.05) is 24.3 Å². The summed E-state index contributed by atoms with van der Waals surface area (Å²) in [5, 5.41) is 14.2. The molecule has 6 heteroatoms. The number of methoxy groups -OCH3 is 1. The molecule has 2 aromatic rings. The van der Waals surface area contributed by atoms with E-state index in [1.165, 1.54) is 22.5 Å². The third kappa shape index (κ3) is 4.14. The Bertz CT molecular complexity index is 786. The van der Waals surface area contributed by atoms with Crippen molar-refractivity contribution < 1.29 is 19.4 Å². The molecule has 0 saturated heterocycles. The van der Waals surface area contributed by atoms with Crippen LogP contribution in [0.4, 0.5) is 0 Å². The van der Waals surface area contributed by atoms with E-state index in [1.54, 1.807) is 7.11 Å². The molecule has 1 heterocycles. The number of rotatable bonds is 7. The highest BCUT2D eigenvalue weighted by Crippen LogP contribution is 2.34. The van der Waals surface area contributed by atoms with E-state index in [9.17, 15) is 14.7 Å². The van der Waals surface area contributed by atoms with Crippen LogP contribution in [0.15, 0.2) is 35.7 Å². The van der Waals surface area contributed by atoms with Gasteiger partial charge in [0.15, 0.2) is 0 Å². The molecule has 0 radical (unpaired) electrons. The first-order valence-electron chi connectivity index (χ1n) is 8.77. The van der Waals surface area contributed by atoms with Crippen molar-refractivity contribution >= 4 is 23.2 Å². The van der Waals surface area contributed by atoms with E-state index in [-0.39, 0.29) is 11.8 Å². The minimum absolute atomic E-state index is 0.156. The molecule has 5 nitrogen and oxygen atoms in total. The van der Waals surface area contributed by atoms with Crippen LogP contribution in [0, 0.1) is 0 Å². The van der Waals surface area contributed by atoms with Crippen LogP contribution < -0.4 is 5.32 Å². The number of fused-ring (bicyclic) bond motifs is 1. The number of carbonyl (C=O) groups excluding carboxylic acids is 1. The molecule has 2 unspecified atom stereocenters. The summed E-state index contributed by atoms with van der Waals surface area (Å²) in [7, 11) is 1.57. The van der Waals surface area contributed by atoms with E-state index < -0.39 is 12.0 Å². The van der Waals surface area contributed by atoms with E-state index >= 15 is 0 Å². The van der Waals surface area contributed by atoms with Crippen molar-refractivity contribution in [2.45, 2.75) is 44.2 Å². The van der Waals surface area contributed by atoms with Gasteiger partial charge in [-0.15, -0.1) is 11.3 Å². The molecule has 1 aliphatic rings. The molecule has 2 atom stereocenters. The molecule has 0 fully saturated rings. The fourth-order valence-corrected chi connectivity index (χ4v) is 4.45. The average Bonchev–Trinajstić information content (AvgIpc) is 3.10. The topological polar surface area (TPSA) is 75.6 Å². The minimum atomic E-state index is -0.994. The van der Waals surface area contributed by atoms with Crippen LogP contribution in [0.25, 0.3) is 0 Å². The monoisotopic (exact) mass is 373 g/mol. The van der Waals surface area contributed by atoms with E-state index in [0.29, 0.717) is 17.9 Å². The number of amides is 1. The third-order valence-electron chi connectivity index (χ3n) is 4.87. The van der Waals surface area contributed by atoms with Crippen LogP contribution in [0.5, 0.6) is 0 Å². The minimum Gasteiger partial charge on any atom is -0.480 e. The first-order chi connectivity index (χ1) is 12.6.